The Morgan fingerprint density at radius 1 is 0.892 bits per heavy atom. The third-order valence-electron chi connectivity index (χ3n) is 5.82. The van der Waals surface area contributed by atoms with Crippen LogP contribution in [0, 0.1) is 0 Å². The molecular formula is C21H40N6O10. The molecule has 3 aliphatic rings. The molecule has 16 nitrogen and oxygen atoms in total. The number of aliphatic hydroxyl groups is 2. The molecule has 3 heterocycles. The van der Waals surface area contributed by atoms with Crippen LogP contribution in [-0.2, 0) is 28.9 Å². The third kappa shape index (κ3) is 10.4. The zero-order valence-corrected chi connectivity index (χ0v) is 21.6. The van der Waals surface area contributed by atoms with Crippen molar-refractivity contribution in [3.8, 4) is 0 Å². The van der Waals surface area contributed by atoms with E-state index in [1.807, 2.05) is 13.8 Å². The van der Waals surface area contributed by atoms with Crippen LogP contribution in [0.25, 0.3) is 0 Å². The maximum atomic E-state index is 11.2. The van der Waals surface area contributed by atoms with Crippen LogP contribution in [0.2, 0.25) is 0 Å². The molecule has 9 unspecified atom stereocenters. The van der Waals surface area contributed by atoms with Crippen LogP contribution in [0.1, 0.15) is 53.9 Å². The first kappa shape index (κ1) is 32.6. The van der Waals surface area contributed by atoms with Crippen molar-refractivity contribution in [3.63, 3.8) is 0 Å². The van der Waals surface area contributed by atoms with Gasteiger partial charge in [0.25, 0.3) is 0 Å². The number of hydrogen-bond donors (Lipinski definition) is 10. The molecule has 0 spiro atoms. The highest BCUT2D eigenvalue weighted by Gasteiger charge is 2.33. The highest BCUT2D eigenvalue weighted by Crippen LogP contribution is 2.07. The Morgan fingerprint density at radius 2 is 1.49 bits per heavy atom. The van der Waals surface area contributed by atoms with Crippen molar-refractivity contribution >= 4 is 23.7 Å². The van der Waals surface area contributed by atoms with E-state index in [4.69, 9.17) is 15.2 Å². The lowest BCUT2D eigenvalue weighted by Crippen LogP contribution is -2.63. The van der Waals surface area contributed by atoms with Gasteiger partial charge < -0.3 is 31.3 Å². The SMILES string of the molecule is CC1NC(=O)C(CC(=O)O)NC1O.CCC1NC(=O)C(C)NC1OO.CCC1NOC(O)C(C)NC1=O. The summed E-state index contributed by atoms with van der Waals surface area (Å²) >= 11 is 0. The molecule has 3 fully saturated rings. The second-order valence-electron chi connectivity index (χ2n) is 8.88. The Morgan fingerprint density at radius 3 is 2.03 bits per heavy atom. The zero-order chi connectivity index (χ0) is 28.3. The maximum Gasteiger partial charge on any atom is 0.305 e. The number of carbonyl (C=O) groups is 4. The molecule has 3 amide bonds. The fourth-order valence-electron chi connectivity index (χ4n) is 3.37. The first-order chi connectivity index (χ1) is 17.3. The summed E-state index contributed by atoms with van der Waals surface area (Å²) in [5, 5.41) is 48.5. The van der Waals surface area contributed by atoms with Crippen molar-refractivity contribution in [1.29, 1.82) is 0 Å². The van der Waals surface area contributed by atoms with Gasteiger partial charge in [0.05, 0.1) is 36.6 Å². The van der Waals surface area contributed by atoms with Crippen LogP contribution in [0.15, 0.2) is 0 Å². The van der Waals surface area contributed by atoms with Crippen LogP contribution in [0.3, 0.4) is 0 Å². The number of amides is 3. The molecule has 3 rings (SSSR count). The summed E-state index contributed by atoms with van der Waals surface area (Å²) < 4.78 is 0. The van der Waals surface area contributed by atoms with Gasteiger partial charge in [-0.1, -0.05) is 13.8 Å². The van der Waals surface area contributed by atoms with Gasteiger partial charge in [0.15, 0.2) is 12.5 Å². The number of carboxylic acid groups (broad SMARTS) is 1. The van der Waals surface area contributed by atoms with Gasteiger partial charge in [-0.15, -0.1) is 0 Å². The highest BCUT2D eigenvalue weighted by molar-refractivity contribution is 5.87. The first-order valence-corrected chi connectivity index (χ1v) is 12.1. The monoisotopic (exact) mass is 536 g/mol. The molecule has 0 aliphatic carbocycles. The third-order valence-corrected chi connectivity index (χ3v) is 5.82. The molecule has 0 bridgehead atoms. The van der Waals surface area contributed by atoms with E-state index in [1.165, 1.54) is 0 Å². The predicted octanol–water partition coefficient (Wildman–Crippen LogP) is -2.93. The Balaban J connectivity index is 0.000000278. The number of aliphatic carboxylic acids is 1. The van der Waals surface area contributed by atoms with Gasteiger partial charge in [-0.05, 0) is 33.6 Å². The molecule has 0 saturated carbocycles. The Hall–Kier alpha value is -2.44. The van der Waals surface area contributed by atoms with Crippen LogP contribution in [0.5, 0.6) is 0 Å². The van der Waals surface area contributed by atoms with Gasteiger partial charge in [0.1, 0.15) is 12.3 Å². The summed E-state index contributed by atoms with van der Waals surface area (Å²) in [7, 11) is 0. The fraction of sp³-hybridized carbons (Fsp3) is 0.810. The van der Waals surface area contributed by atoms with Crippen LogP contribution in [0.4, 0.5) is 0 Å². The molecule has 9 atom stereocenters. The summed E-state index contributed by atoms with van der Waals surface area (Å²) in [5.74, 6) is -1.66. The molecule has 214 valence electrons. The van der Waals surface area contributed by atoms with Crippen molar-refractivity contribution in [2.75, 3.05) is 0 Å². The molecule has 3 saturated heterocycles. The van der Waals surface area contributed by atoms with Crippen LogP contribution in [-0.4, -0.2) is 99.3 Å². The molecule has 0 aromatic rings. The Kier molecular flexibility index (Phi) is 13.9. The van der Waals surface area contributed by atoms with Crippen molar-refractivity contribution in [2.45, 2.75) is 109 Å². The minimum absolute atomic E-state index is 0.0600. The summed E-state index contributed by atoms with van der Waals surface area (Å²) in [6.07, 6.45) is -1.34. The average Bonchev–Trinajstić information content (AvgIpc) is 2.96. The molecular weight excluding hydrogens is 496 g/mol. The number of carbonyl (C=O) groups excluding carboxylic acids is 3. The molecule has 0 aromatic carbocycles. The molecule has 0 aromatic heterocycles. The summed E-state index contributed by atoms with van der Waals surface area (Å²) in [6, 6.07) is -2.45. The molecule has 3 aliphatic heterocycles. The van der Waals surface area contributed by atoms with E-state index >= 15 is 0 Å². The number of piperazine rings is 2. The van der Waals surface area contributed by atoms with E-state index in [9.17, 15) is 29.4 Å². The van der Waals surface area contributed by atoms with E-state index in [1.54, 1.807) is 20.8 Å². The quantitative estimate of drug-likeness (QED) is 0.125. The van der Waals surface area contributed by atoms with E-state index in [2.05, 4.69) is 37.0 Å². The summed E-state index contributed by atoms with van der Waals surface area (Å²) in [6.45, 7) is 8.81. The second kappa shape index (κ2) is 15.7. The van der Waals surface area contributed by atoms with E-state index in [-0.39, 0.29) is 48.3 Å². The van der Waals surface area contributed by atoms with Gasteiger partial charge >= 0.3 is 5.97 Å². The Labute approximate surface area is 214 Å². The lowest BCUT2D eigenvalue weighted by Gasteiger charge is -2.33. The lowest BCUT2D eigenvalue weighted by molar-refractivity contribution is -0.295. The normalized spacial score (nSPS) is 35.8. The van der Waals surface area contributed by atoms with Gasteiger partial charge in [-0.2, -0.15) is 5.48 Å². The van der Waals surface area contributed by atoms with Gasteiger partial charge in [-0.3, -0.25) is 39.9 Å². The number of rotatable bonds is 5. The highest BCUT2D eigenvalue weighted by atomic mass is 17.1. The van der Waals surface area contributed by atoms with Crippen molar-refractivity contribution < 1.29 is 49.5 Å². The standard InChI is InChI=1S/C7H12N2O4.2C7H14N2O3/c1-3-6(12)9-4(2-5(10)11)7(13)8-3;1-3-5-6(10)8-4(2)7(11)12-9-5;1-3-5-7(12-11)8-4(2)6(10)9-5/h3-4,6,9,12H,2H2,1H3,(H,8,13)(H,10,11);4-5,7,9,11H,3H2,1-2H3,(H,8,10);4-5,7-8,11H,3H2,1-2H3,(H,9,10). The van der Waals surface area contributed by atoms with Crippen LogP contribution < -0.4 is 32.1 Å². The van der Waals surface area contributed by atoms with E-state index in [0.29, 0.717) is 6.42 Å². The fourth-order valence-corrected chi connectivity index (χ4v) is 3.37. The van der Waals surface area contributed by atoms with Gasteiger partial charge in [-0.25, -0.2) is 4.89 Å². The van der Waals surface area contributed by atoms with E-state index < -0.39 is 36.8 Å². The largest absolute Gasteiger partial charge is 0.481 e. The Bertz CT molecular complexity index is 774. The number of hydrogen-bond acceptors (Lipinski definition) is 12. The van der Waals surface area contributed by atoms with Gasteiger partial charge in [0.2, 0.25) is 17.7 Å². The number of hydroxylamine groups is 1. The lowest BCUT2D eigenvalue weighted by atomic mass is 10.1. The smallest absolute Gasteiger partial charge is 0.305 e. The van der Waals surface area contributed by atoms with Crippen molar-refractivity contribution in [1.82, 2.24) is 32.1 Å². The first-order valence-electron chi connectivity index (χ1n) is 12.1. The molecule has 0 radical (unpaired) electrons. The zero-order valence-electron chi connectivity index (χ0n) is 21.6. The van der Waals surface area contributed by atoms with E-state index in [0.717, 1.165) is 6.42 Å². The van der Waals surface area contributed by atoms with Gasteiger partial charge in [0, 0.05) is 0 Å². The topological polar surface area (TPSA) is 240 Å². The summed E-state index contributed by atoms with van der Waals surface area (Å²) in [5.41, 5.74) is 2.50. The second-order valence-corrected chi connectivity index (χ2v) is 8.88. The minimum atomic E-state index is -1.07. The predicted molar refractivity (Wildman–Crippen MR) is 127 cm³/mol. The molecule has 10 N–H and O–H groups in total. The van der Waals surface area contributed by atoms with Crippen molar-refractivity contribution in [2.24, 2.45) is 0 Å². The summed E-state index contributed by atoms with van der Waals surface area (Å²) in [4.78, 5) is 52.8. The number of carboxylic acids is 1. The van der Waals surface area contributed by atoms with Crippen molar-refractivity contribution in [3.05, 3.63) is 0 Å². The van der Waals surface area contributed by atoms with Crippen LogP contribution >= 0.6 is 0 Å². The minimum Gasteiger partial charge on any atom is -0.481 e. The number of aliphatic hydroxyl groups excluding tert-OH is 2. The number of nitrogens with one attached hydrogen (secondary N) is 6. The maximum absolute atomic E-state index is 11.2. The average molecular weight is 537 g/mol. The molecule has 16 heteroatoms. The molecule has 37 heavy (non-hydrogen) atoms.